The van der Waals surface area contributed by atoms with Gasteiger partial charge in [-0.05, 0) is 78.2 Å². The van der Waals surface area contributed by atoms with Gasteiger partial charge >= 0.3 is 0 Å². The van der Waals surface area contributed by atoms with Gasteiger partial charge in [-0.3, -0.25) is 0 Å². The molecule has 5 aromatic rings. The minimum atomic E-state index is -3.26. The van der Waals surface area contributed by atoms with E-state index >= 15 is 0 Å². The molecular weight excluding hydrogens is 667 g/mol. The standard InChI is InChI=1S/C44H47N3O4S/c1-4-5-6-13-31-50-43-33-38(21-19-36-16-11-8-12-17-36)44(34-37(43)20-18-35-14-9-7-10-15-35)51-32-30-47(2)41-26-22-39(23-27-41)45-46-40-24-28-42(29-25-40)52(3,48)49/h7-12,14-29,33-34H,4-6,13,30-32H2,1-3H3/b20-18+,21-19+,46-45?. The van der Waals surface area contributed by atoms with Crippen LogP contribution in [0.4, 0.5) is 17.1 Å². The molecule has 0 radical (unpaired) electrons. The zero-order chi connectivity index (χ0) is 36.6. The van der Waals surface area contributed by atoms with Crippen molar-refractivity contribution in [3.05, 3.63) is 144 Å². The quantitative estimate of drug-likeness (QED) is 0.0513. The van der Waals surface area contributed by atoms with E-state index < -0.39 is 9.84 Å². The van der Waals surface area contributed by atoms with Crippen LogP contribution in [0.2, 0.25) is 0 Å². The maximum atomic E-state index is 11.7. The van der Waals surface area contributed by atoms with Crippen LogP contribution in [0.3, 0.4) is 0 Å². The summed E-state index contributed by atoms with van der Waals surface area (Å²) in [4.78, 5) is 2.39. The summed E-state index contributed by atoms with van der Waals surface area (Å²) in [6.07, 6.45) is 14.1. The lowest BCUT2D eigenvalue weighted by Gasteiger charge is -2.21. The van der Waals surface area contributed by atoms with Gasteiger partial charge in [-0.1, -0.05) is 111 Å². The van der Waals surface area contributed by atoms with Gasteiger partial charge in [0.1, 0.15) is 18.1 Å². The minimum Gasteiger partial charge on any atom is -0.493 e. The van der Waals surface area contributed by atoms with Crippen molar-refractivity contribution < 1.29 is 17.9 Å². The van der Waals surface area contributed by atoms with Gasteiger partial charge in [0.25, 0.3) is 0 Å². The van der Waals surface area contributed by atoms with Crippen LogP contribution in [0, 0.1) is 0 Å². The molecule has 52 heavy (non-hydrogen) atoms. The first kappa shape index (κ1) is 37.8. The predicted octanol–water partition coefficient (Wildman–Crippen LogP) is 11.3. The maximum absolute atomic E-state index is 11.7. The van der Waals surface area contributed by atoms with E-state index in [1.807, 2.05) is 67.7 Å². The Morgan fingerprint density at radius 1 is 0.615 bits per heavy atom. The number of azo groups is 1. The van der Waals surface area contributed by atoms with Gasteiger partial charge in [0, 0.05) is 30.1 Å². The van der Waals surface area contributed by atoms with Crippen molar-refractivity contribution >= 4 is 51.2 Å². The fraction of sp³-hybridized carbons (Fsp3) is 0.227. The largest absolute Gasteiger partial charge is 0.493 e. The molecule has 0 atom stereocenters. The van der Waals surface area contributed by atoms with Crippen LogP contribution >= 0.6 is 0 Å². The fourth-order valence-electron chi connectivity index (χ4n) is 5.38. The Kier molecular flexibility index (Phi) is 14.0. The van der Waals surface area contributed by atoms with Gasteiger partial charge in [0.05, 0.1) is 29.4 Å². The third-order valence-electron chi connectivity index (χ3n) is 8.43. The molecular formula is C44H47N3O4S. The van der Waals surface area contributed by atoms with Crippen LogP contribution < -0.4 is 14.4 Å². The van der Waals surface area contributed by atoms with Crippen molar-refractivity contribution in [2.24, 2.45) is 10.2 Å². The normalized spacial score (nSPS) is 11.8. The molecule has 0 aliphatic heterocycles. The van der Waals surface area contributed by atoms with Crippen molar-refractivity contribution in [2.75, 3.05) is 38.0 Å². The average molecular weight is 714 g/mol. The van der Waals surface area contributed by atoms with Gasteiger partial charge in [-0.15, -0.1) is 0 Å². The highest BCUT2D eigenvalue weighted by Gasteiger charge is 2.12. The van der Waals surface area contributed by atoms with E-state index in [0.717, 1.165) is 52.3 Å². The van der Waals surface area contributed by atoms with Gasteiger partial charge in [-0.25, -0.2) is 8.42 Å². The highest BCUT2D eigenvalue weighted by atomic mass is 32.2. The monoisotopic (exact) mass is 713 g/mol. The first-order valence-electron chi connectivity index (χ1n) is 17.7. The summed E-state index contributed by atoms with van der Waals surface area (Å²) in [5.41, 5.74) is 6.43. The van der Waals surface area contributed by atoms with Gasteiger partial charge < -0.3 is 14.4 Å². The summed E-state index contributed by atoms with van der Waals surface area (Å²) in [6.45, 7) is 4.00. The third kappa shape index (κ3) is 11.8. The molecule has 0 aliphatic carbocycles. The van der Waals surface area contributed by atoms with E-state index in [0.29, 0.717) is 31.1 Å². The average Bonchev–Trinajstić information content (AvgIpc) is 3.16. The number of benzene rings is 5. The first-order chi connectivity index (χ1) is 25.3. The lowest BCUT2D eigenvalue weighted by Crippen LogP contribution is -2.23. The molecule has 0 fully saturated rings. The number of anilines is 1. The van der Waals surface area contributed by atoms with Gasteiger partial charge in [0.2, 0.25) is 0 Å². The molecule has 0 aliphatic rings. The van der Waals surface area contributed by atoms with Crippen LogP contribution in [0.15, 0.2) is 136 Å². The highest BCUT2D eigenvalue weighted by Crippen LogP contribution is 2.33. The number of sulfone groups is 1. The summed E-state index contributed by atoms with van der Waals surface area (Å²) >= 11 is 0. The minimum absolute atomic E-state index is 0.252. The SMILES string of the molecule is CCCCCCOc1cc(/C=C/c2ccccc2)c(OCCN(C)c2ccc(N=Nc3ccc(S(C)(=O)=O)cc3)cc2)cc1/C=C/c1ccccc1. The molecule has 5 rings (SSSR count). The molecule has 0 amide bonds. The molecule has 8 heteroatoms. The number of hydrogen-bond donors (Lipinski definition) is 0. The van der Waals surface area contributed by atoms with E-state index in [-0.39, 0.29) is 4.90 Å². The molecule has 5 aromatic carbocycles. The number of nitrogens with zero attached hydrogens (tertiary/aromatic N) is 3. The number of unbranched alkanes of at least 4 members (excludes halogenated alkanes) is 3. The first-order valence-corrected chi connectivity index (χ1v) is 19.6. The lowest BCUT2D eigenvalue weighted by molar-refractivity contribution is 0.301. The van der Waals surface area contributed by atoms with Crippen molar-refractivity contribution in [1.29, 1.82) is 0 Å². The molecule has 0 bridgehead atoms. The number of hydrogen-bond acceptors (Lipinski definition) is 7. The smallest absolute Gasteiger partial charge is 0.175 e. The zero-order valence-electron chi connectivity index (χ0n) is 30.2. The van der Waals surface area contributed by atoms with E-state index in [1.165, 1.54) is 31.2 Å². The second kappa shape index (κ2) is 19.2. The van der Waals surface area contributed by atoms with E-state index in [9.17, 15) is 8.42 Å². The molecule has 0 aromatic heterocycles. The highest BCUT2D eigenvalue weighted by molar-refractivity contribution is 7.90. The molecule has 0 saturated carbocycles. The Hall–Kier alpha value is -5.47. The van der Waals surface area contributed by atoms with Crippen LogP contribution in [0.1, 0.15) is 54.9 Å². The summed E-state index contributed by atoms with van der Waals surface area (Å²) in [7, 11) is -1.23. The molecule has 0 heterocycles. The van der Waals surface area contributed by atoms with E-state index in [4.69, 9.17) is 9.47 Å². The number of ether oxygens (including phenoxy) is 2. The Labute approximate surface area is 308 Å². The Morgan fingerprint density at radius 3 is 1.62 bits per heavy atom. The third-order valence-corrected chi connectivity index (χ3v) is 9.56. The molecule has 0 saturated heterocycles. The van der Waals surface area contributed by atoms with Crippen LogP contribution in [-0.2, 0) is 9.84 Å². The molecule has 268 valence electrons. The fourth-order valence-corrected chi connectivity index (χ4v) is 6.01. The van der Waals surface area contributed by atoms with E-state index in [1.54, 1.807) is 12.1 Å². The second-order valence-corrected chi connectivity index (χ2v) is 14.6. The Bertz CT molecular complexity index is 2040. The Morgan fingerprint density at radius 2 is 1.12 bits per heavy atom. The van der Waals surface area contributed by atoms with E-state index in [2.05, 4.69) is 82.8 Å². The summed E-state index contributed by atoms with van der Waals surface area (Å²) < 4.78 is 36.3. The topological polar surface area (TPSA) is 80.6 Å². The maximum Gasteiger partial charge on any atom is 0.175 e. The van der Waals surface area contributed by atoms with Crippen LogP contribution in [-0.4, -0.2) is 41.5 Å². The number of likely N-dealkylation sites (N-methyl/N-ethyl adjacent to an activating group) is 1. The molecule has 0 N–H and O–H groups in total. The number of rotatable bonds is 18. The molecule has 0 spiro atoms. The van der Waals surface area contributed by atoms with Crippen LogP contribution in [0.25, 0.3) is 24.3 Å². The predicted molar refractivity (Wildman–Crippen MR) is 216 cm³/mol. The Balaban J connectivity index is 1.30. The summed E-state index contributed by atoms with van der Waals surface area (Å²) in [5.74, 6) is 1.62. The zero-order valence-corrected chi connectivity index (χ0v) is 31.0. The van der Waals surface area contributed by atoms with Crippen molar-refractivity contribution in [1.82, 2.24) is 0 Å². The second-order valence-electron chi connectivity index (χ2n) is 12.6. The van der Waals surface area contributed by atoms with Crippen molar-refractivity contribution in [2.45, 2.75) is 37.5 Å². The van der Waals surface area contributed by atoms with Crippen molar-refractivity contribution in [3.8, 4) is 11.5 Å². The van der Waals surface area contributed by atoms with Gasteiger partial charge in [0.15, 0.2) is 9.84 Å². The summed E-state index contributed by atoms with van der Waals surface area (Å²) in [5, 5.41) is 8.56. The summed E-state index contributed by atoms with van der Waals surface area (Å²) in [6, 6.07) is 38.8. The van der Waals surface area contributed by atoms with Crippen molar-refractivity contribution in [3.63, 3.8) is 0 Å². The lowest BCUT2D eigenvalue weighted by atomic mass is 10.1. The molecule has 0 unspecified atom stereocenters. The molecule has 7 nitrogen and oxygen atoms in total. The van der Waals surface area contributed by atoms with Gasteiger partial charge in [-0.2, -0.15) is 10.2 Å². The van der Waals surface area contributed by atoms with Crippen LogP contribution in [0.5, 0.6) is 11.5 Å².